The minimum atomic E-state index is -4.47. The highest BCUT2D eigenvalue weighted by molar-refractivity contribution is 5.98. The van der Waals surface area contributed by atoms with Crippen molar-refractivity contribution >= 4 is 11.8 Å². The summed E-state index contributed by atoms with van der Waals surface area (Å²) in [7, 11) is 0. The number of hydrogen-bond acceptors (Lipinski definition) is 6. The largest absolute Gasteiger partial charge is 0.478 e. The average Bonchev–Trinajstić information content (AvgIpc) is 3.45. The number of rotatable bonds is 9. The molecule has 2 unspecified atom stereocenters. The van der Waals surface area contributed by atoms with Crippen molar-refractivity contribution in [1.82, 2.24) is 9.97 Å². The van der Waals surface area contributed by atoms with Crippen LogP contribution in [0.1, 0.15) is 49.0 Å². The van der Waals surface area contributed by atoms with Crippen molar-refractivity contribution in [3.05, 3.63) is 59.2 Å². The molecule has 0 aromatic carbocycles. The van der Waals surface area contributed by atoms with Crippen molar-refractivity contribution in [1.29, 1.82) is 0 Å². The zero-order chi connectivity index (χ0) is 25.1. The maximum atomic E-state index is 13.5. The Labute approximate surface area is 199 Å². The highest BCUT2D eigenvalue weighted by Crippen LogP contribution is 2.28. The highest BCUT2D eigenvalue weighted by atomic mass is 19.4. The van der Waals surface area contributed by atoms with Crippen LogP contribution in [0.5, 0.6) is 0 Å². The van der Waals surface area contributed by atoms with Crippen LogP contribution >= 0.6 is 0 Å². The highest BCUT2D eigenvalue weighted by Gasteiger charge is 2.32. The second-order valence-corrected chi connectivity index (χ2v) is 8.64. The van der Waals surface area contributed by atoms with Gasteiger partial charge in [-0.2, -0.15) is 22.0 Å². The fourth-order valence-electron chi connectivity index (χ4n) is 3.83. The second-order valence-electron chi connectivity index (χ2n) is 8.64. The molecule has 188 valence electrons. The smallest absolute Gasteiger partial charge is 0.433 e. The van der Waals surface area contributed by atoms with Gasteiger partial charge in [0.05, 0.1) is 18.5 Å². The molecule has 0 bridgehead atoms. The number of aryl methyl sites for hydroxylation is 2. The van der Waals surface area contributed by atoms with Crippen LogP contribution < -0.4 is 0 Å². The predicted octanol–water partition coefficient (Wildman–Crippen LogP) is 5.16. The maximum absolute atomic E-state index is 13.5. The summed E-state index contributed by atoms with van der Waals surface area (Å²) in [4.78, 5) is 16.7. The van der Waals surface area contributed by atoms with Crippen LogP contribution in [0.3, 0.4) is 0 Å². The summed E-state index contributed by atoms with van der Waals surface area (Å²) in [6.07, 6.45) is -2.20. The van der Waals surface area contributed by atoms with E-state index in [0.29, 0.717) is 68.5 Å². The van der Waals surface area contributed by atoms with Gasteiger partial charge in [-0.1, -0.05) is 12.1 Å². The van der Waals surface area contributed by atoms with Crippen LogP contribution in [0, 0.1) is 0 Å². The van der Waals surface area contributed by atoms with E-state index in [1.165, 1.54) is 12.1 Å². The third-order valence-corrected chi connectivity index (χ3v) is 5.66. The van der Waals surface area contributed by atoms with Crippen molar-refractivity contribution in [3.8, 4) is 0 Å². The van der Waals surface area contributed by atoms with E-state index in [1.54, 1.807) is 18.2 Å². The van der Waals surface area contributed by atoms with Crippen molar-refractivity contribution in [2.75, 3.05) is 13.2 Å². The summed E-state index contributed by atoms with van der Waals surface area (Å²) in [5.41, 5.74) is -0.219. The van der Waals surface area contributed by atoms with Gasteiger partial charge in [-0.05, 0) is 49.9 Å². The molecule has 2 atom stereocenters. The normalized spacial score (nSPS) is 20.3. The van der Waals surface area contributed by atoms with Crippen molar-refractivity contribution in [2.45, 2.75) is 63.2 Å². The van der Waals surface area contributed by atoms with Crippen molar-refractivity contribution < 1.29 is 31.4 Å². The van der Waals surface area contributed by atoms with Crippen LogP contribution in [0.4, 0.5) is 22.0 Å². The lowest BCUT2D eigenvalue weighted by atomic mass is 10.1. The summed E-state index contributed by atoms with van der Waals surface area (Å²) in [6, 6.07) is 8.18. The van der Waals surface area contributed by atoms with Gasteiger partial charge in [0.2, 0.25) is 0 Å². The van der Waals surface area contributed by atoms with E-state index in [9.17, 15) is 22.0 Å². The van der Waals surface area contributed by atoms with E-state index in [1.807, 2.05) is 0 Å². The first kappa shape index (κ1) is 25.0. The topological polar surface area (TPSA) is 69.0 Å². The summed E-state index contributed by atoms with van der Waals surface area (Å²) >= 11 is 0. The lowest BCUT2D eigenvalue weighted by molar-refractivity contribution is -0.141. The van der Waals surface area contributed by atoms with Gasteiger partial charge in [-0.3, -0.25) is 4.98 Å². The number of ether oxygens (including phenoxy) is 2. The third kappa shape index (κ3) is 6.95. The molecule has 0 fully saturated rings. The second kappa shape index (κ2) is 10.2. The molecule has 4 rings (SSSR count). The lowest BCUT2D eigenvalue weighted by Gasteiger charge is -2.11. The monoisotopic (exact) mass is 496 g/mol. The number of pyridine rings is 2. The van der Waals surface area contributed by atoms with Crippen LogP contribution in [-0.2, 0) is 34.4 Å². The molecule has 2 aliphatic rings. The van der Waals surface area contributed by atoms with Crippen molar-refractivity contribution in [3.63, 3.8) is 0 Å². The molecule has 0 N–H and O–H groups in total. The van der Waals surface area contributed by atoms with Gasteiger partial charge >= 0.3 is 6.18 Å². The van der Waals surface area contributed by atoms with Gasteiger partial charge < -0.3 is 9.47 Å². The molecular weight excluding hydrogens is 471 g/mol. The Morgan fingerprint density at radius 2 is 1.26 bits per heavy atom. The maximum Gasteiger partial charge on any atom is 0.433 e. The van der Waals surface area contributed by atoms with E-state index in [4.69, 9.17) is 9.47 Å². The van der Waals surface area contributed by atoms with Crippen molar-refractivity contribution in [2.24, 2.45) is 9.98 Å². The van der Waals surface area contributed by atoms with Gasteiger partial charge in [0, 0.05) is 18.3 Å². The molecule has 2 aromatic heterocycles. The number of halogens is 5. The average molecular weight is 496 g/mol. The molecule has 2 aliphatic heterocycles. The Morgan fingerprint density at radius 1 is 0.771 bits per heavy atom. The molecule has 0 saturated heterocycles. The SMILES string of the molecule is CC(F)(F)c1cccc(CCC2COC(CC3=NC(CCc4cccc(C(F)(F)F)n4)CO3)=N2)n1. The van der Waals surface area contributed by atoms with E-state index >= 15 is 0 Å². The molecule has 6 nitrogen and oxygen atoms in total. The number of aromatic nitrogens is 2. The van der Waals surface area contributed by atoms with Gasteiger partial charge in [0.1, 0.15) is 24.6 Å². The Hall–Kier alpha value is -3.11. The van der Waals surface area contributed by atoms with Gasteiger partial charge in [0.25, 0.3) is 5.92 Å². The molecule has 2 aromatic rings. The summed E-state index contributed by atoms with van der Waals surface area (Å²) < 4.78 is 76.6. The van der Waals surface area contributed by atoms with E-state index < -0.39 is 17.8 Å². The van der Waals surface area contributed by atoms with Crippen LogP contribution in [0.2, 0.25) is 0 Å². The van der Waals surface area contributed by atoms with E-state index in [-0.39, 0.29) is 17.8 Å². The third-order valence-electron chi connectivity index (χ3n) is 5.66. The molecule has 11 heteroatoms. The van der Waals surface area contributed by atoms with Gasteiger partial charge in [-0.15, -0.1) is 0 Å². The summed E-state index contributed by atoms with van der Waals surface area (Å²) in [5, 5.41) is 0. The van der Waals surface area contributed by atoms with Gasteiger partial charge in [0.15, 0.2) is 11.8 Å². The number of alkyl halides is 5. The Balaban J connectivity index is 1.25. The van der Waals surface area contributed by atoms with Crippen LogP contribution in [-0.4, -0.2) is 47.1 Å². The Kier molecular flexibility index (Phi) is 7.32. The van der Waals surface area contributed by atoms with E-state index in [2.05, 4.69) is 20.0 Å². The predicted molar refractivity (Wildman–Crippen MR) is 119 cm³/mol. The first-order valence-corrected chi connectivity index (χ1v) is 11.3. The molecule has 0 saturated carbocycles. The molecule has 0 amide bonds. The lowest BCUT2D eigenvalue weighted by Crippen LogP contribution is -2.12. The molecule has 35 heavy (non-hydrogen) atoms. The standard InChI is InChI=1S/C24H25F5N4O2/c1-23(25,26)19-6-2-4-15(30-19)8-10-17-13-34-21(32-17)12-22-33-18(14-35-22)11-9-16-5-3-7-20(31-16)24(27,28)29/h2-7,17-18H,8-14H2,1H3. The minimum Gasteiger partial charge on any atom is -0.478 e. The van der Waals surface area contributed by atoms with Crippen LogP contribution in [0.15, 0.2) is 46.4 Å². The first-order valence-electron chi connectivity index (χ1n) is 11.3. The fraction of sp³-hybridized carbons (Fsp3) is 0.500. The quantitative estimate of drug-likeness (QED) is 0.450. The Morgan fingerprint density at radius 3 is 1.74 bits per heavy atom. The number of aliphatic imine (C=N–C) groups is 2. The van der Waals surface area contributed by atoms with E-state index in [0.717, 1.165) is 13.0 Å². The molecule has 4 heterocycles. The first-order chi connectivity index (χ1) is 16.6. The zero-order valence-corrected chi connectivity index (χ0v) is 19.1. The summed E-state index contributed by atoms with van der Waals surface area (Å²) in [6.45, 7) is 1.55. The molecule has 0 spiro atoms. The van der Waals surface area contributed by atoms with Gasteiger partial charge in [-0.25, -0.2) is 15.0 Å². The molecular formula is C24H25F5N4O2. The number of hydrogen-bond donors (Lipinski definition) is 0. The fourth-order valence-corrected chi connectivity index (χ4v) is 3.83. The zero-order valence-electron chi connectivity index (χ0n) is 19.1. The Bertz CT molecular complexity index is 1010. The minimum absolute atomic E-state index is 0.109. The summed E-state index contributed by atoms with van der Waals surface area (Å²) in [5.74, 6) is -2.01. The molecule has 0 radical (unpaired) electrons. The van der Waals surface area contributed by atoms with Crippen LogP contribution in [0.25, 0.3) is 0 Å². The number of nitrogens with zero attached hydrogens (tertiary/aromatic N) is 4. The molecule has 0 aliphatic carbocycles.